The first-order valence-corrected chi connectivity index (χ1v) is 8.11. The van der Waals surface area contributed by atoms with Gasteiger partial charge in [-0.15, -0.1) is 5.01 Å². The Morgan fingerprint density at radius 3 is 2.33 bits per heavy atom. The van der Waals surface area contributed by atoms with Crippen molar-refractivity contribution in [1.82, 2.24) is 10.3 Å². The van der Waals surface area contributed by atoms with Gasteiger partial charge in [-0.1, -0.05) is 12.1 Å². The Bertz CT molecular complexity index is 910. The summed E-state index contributed by atoms with van der Waals surface area (Å²) < 4.78 is 10.2. The van der Waals surface area contributed by atoms with E-state index < -0.39 is 17.5 Å². The summed E-state index contributed by atoms with van der Waals surface area (Å²) in [6.45, 7) is 1.60. The lowest BCUT2D eigenvalue weighted by atomic mass is 9.92. The van der Waals surface area contributed by atoms with E-state index in [1.54, 1.807) is 50.4 Å². The smallest absolute Gasteiger partial charge is 0.346 e. The number of nitrogens with zero attached hydrogens (tertiary/aromatic N) is 2. The summed E-state index contributed by atoms with van der Waals surface area (Å²) in [4.78, 5) is 25.1. The van der Waals surface area contributed by atoms with Crippen molar-refractivity contribution in [3.05, 3.63) is 53.6 Å². The van der Waals surface area contributed by atoms with Gasteiger partial charge in [-0.2, -0.15) is 5.10 Å². The van der Waals surface area contributed by atoms with Crippen LogP contribution >= 0.6 is 0 Å². The molecule has 2 aromatic rings. The van der Waals surface area contributed by atoms with Crippen molar-refractivity contribution in [3.63, 3.8) is 0 Å². The third-order valence-electron chi connectivity index (χ3n) is 4.38. The minimum absolute atomic E-state index is 0.0514. The minimum Gasteiger partial charge on any atom is -0.507 e. The van der Waals surface area contributed by atoms with Gasteiger partial charge in [0, 0.05) is 5.56 Å². The summed E-state index contributed by atoms with van der Waals surface area (Å²) in [7, 11) is 3.04. The van der Waals surface area contributed by atoms with Crippen LogP contribution in [0.2, 0.25) is 0 Å². The van der Waals surface area contributed by atoms with Gasteiger partial charge in [0.1, 0.15) is 22.8 Å². The van der Waals surface area contributed by atoms with E-state index >= 15 is 0 Å². The number of nitrogens with one attached hydrogen (secondary N) is 1. The predicted octanol–water partition coefficient (Wildman–Crippen LogP) is 2.21. The molecule has 0 unspecified atom stereocenters. The van der Waals surface area contributed by atoms with Crippen molar-refractivity contribution in [2.75, 3.05) is 14.2 Å². The van der Waals surface area contributed by atoms with Crippen LogP contribution in [-0.2, 0) is 10.3 Å². The number of phenols is 1. The number of hydrazone groups is 1. The van der Waals surface area contributed by atoms with Crippen LogP contribution in [-0.4, -0.2) is 42.5 Å². The zero-order valence-corrected chi connectivity index (χ0v) is 15.1. The lowest BCUT2D eigenvalue weighted by molar-refractivity contribution is -0.131. The highest BCUT2D eigenvalue weighted by Crippen LogP contribution is 2.30. The second-order valence-electron chi connectivity index (χ2n) is 6.07. The molecule has 0 aliphatic carbocycles. The Morgan fingerprint density at radius 2 is 1.70 bits per heavy atom. The number of hydrogen-bond donors (Lipinski definition) is 2. The third-order valence-corrected chi connectivity index (χ3v) is 4.38. The average molecular weight is 369 g/mol. The van der Waals surface area contributed by atoms with Gasteiger partial charge in [-0.05, 0) is 42.8 Å². The van der Waals surface area contributed by atoms with Crippen molar-refractivity contribution in [2.45, 2.75) is 12.5 Å². The maximum atomic E-state index is 12.8. The van der Waals surface area contributed by atoms with Crippen LogP contribution in [0.4, 0.5) is 4.79 Å². The molecule has 8 heteroatoms. The quantitative estimate of drug-likeness (QED) is 0.622. The molecule has 1 aliphatic heterocycles. The van der Waals surface area contributed by atoms with E-state index in [0.717, 1.165) is 5.01 Å². The number of rotatable bonds is 5. The molecule has 2 aromatic carbocycles. The maximum Gasteiger partial charge on any atom is 0.346 e. The van der Waals surface area contributed by atoms with Gasteiger partial charge >= 0.3 is 6.03 Å². The van der Waals surface area contributed by atoms with Crippen LogP contribution in [0, 0.1) is 0 Å². The molecule has 0 bridgehead atoms. The fourth-order valence-corrected chi connectivity index (χ4v) is 2.73. The number of benzene rings is 2. The highest BCUT2D eigenvalue weighted by molar-refractivity contribution is 6.07. The summed E-state index contributed by atoms with van der Waals surface area (Å²) in [5.41, 5.74) is -0.339. The number of ether oxygens (including phenoxy) is 2. The number of carbonyl (C=O) groups is 2. The number of hydrogen-bond acceptors (Lipinski definition) is 6. The van der Waals surface area contributed by atoms with Gasteiger partial charge in [0.05, 0.1) is 20.4 Å². The molecular weight excluding hydrogens is 350 g/mol. The Kier molecular flexibility index (Phi) is 4.72. The standard InChI is InChI=1S/C19H19N3O5/c1-19(13-4-6-14(26-2)7-5-13)17(24)22(18(25)21-19)20-11-12-10-15(27-3)8-9-16(12)23/h4-11,23H,1-3H3,(H,21,25)/t19-/m1/s1. The maximum absolute atomic E-state index is 12.8. The number of aromatic hydroxyl groups is 1. The molecule has 1 saturated heterocycles. The molecule has 140 valence electrons. The van der Waals surface area contributed by atoms with Crippen LogP contribution in [0.1, 0.15) is 18.1 Å². The van der Waals surface area contributed by atoms with Gasteiger partial charge < -0.3 is 19.9 Å². The van der Waals surface area contributed by atoms with Crippen molar-refractivity contribution in [3.8, 4) is 17.2 Å². The predicted molar refractivity (Wildman–Crippen MR) is 98.0 cm³/mol. The molecule has 1 atom stereocenters. The highest BCUT2D eigenvalue weighted by Gasteiger charge is 2.49. The molecule has 3 rings (SSSR count). The summed E-state index contributed by atoms with van der Waals surface area (Å²) in [6, 6.07) is 10.7. The van der Waals surface area contributed by atoms with E-state index in [4.69, 9.17) is 9.47 Å². The molecule has 0 radical (unpaired) electrons. The van der Waals surface area contributed by atoms with Crippen molar-refractivity contribution < 1.29 is 24.2 Å². The number of amides is 3. The normalized spacial score (nSPS) is 19.4. The van der Waals surface area contributed by atoms with E-state index in [-0.39, 0.29) is 5.75 Å². The van der Waals surface area contributed by atoms with E-state index in [9.17, 15) is 14.7 Å². The third kappa shape index (κ3) is 3.29. The van der Waals surface area contributed by atoms with Crippen LogP contribution < -0.4 is 14.8 Å². The fourth-order valence-electron chi connectivity index (χ4n) is 2.73. The lowest BCUT2D eigenvalue weighted by Crippen LogP contribution is -2.40. The van der Waals surface area contributed by atoms with E-state index in [1.165, 1.54) is 19.4 Å². The summed E-state index contributed by atoms with van der Waals surface area (Å²) >= 11 is 0. The first-order valence-electron chi connectivity index (χ1n) is 8.11. The van der Waals surface area contributed by atoms with Crippen LogP contribution in [0.25, 0.3) is 0 Å². The van der Waals surface area contributed by atoms with E-state index in [2.05, 4.69) is 10.4 Å². The minimum atomic E-state index is -1.25. The van der Waals surface area contributed by atoms with Gasteiger partial charge in [0.25, 0.3) is 5.91 Å². The van der Waals surface area contributed by atoms with Crippen LogP contribution in [0.3, 0.4) is 0 Å². The zero-order valence-electron chi connectivity index (χ0n) is 15.1. The van der Waals surface area contributed by atoms with Crippen molar-refractivity contribution >= 4 is 18.2 Å². The van der Waals surface area contributed by atoms with Gasteiger partial charge in [-0.25, -0.2) is 4.79 Å². The van der Waals surface area contributed by atoms with Crippen molar-refractivity contribution in [2.24, 2.45) is 5.10 Å². The lowest BCUT2D eigenvalue weighted by Gasteiger charge is -2.21. The molecule has 27 heavy (non-hydrogen) atoms. The summed E-state index contributed by atoms with van der Waals surface area (Å²) in [5, 5.41) is 17.2. The van der Waals surface area contributed by atoms with Crippen molar-refractivity contribution in [1.29, 1.82) is 0 Å². The highest BCUT2D eigenvalue weighted by atomic mass is 16.5. The second-order valence-corrected chi connectivity index (χ2v) is 6.07. The second kappa shape index (κ2) is 6.99. The summed E-state index contributed by atoms with van der Waals surface area (Å²) in [5.74, 6) is 0.567. The first kappa shape index (κ1) is 18.2. The molecule has 2 N–H and O–H groups in total. The Hall–Kier alpha value is -3.55. The molecule has 1 aliphatic rings. The Labute approximate surface area is 156 Å². The molecule has 0 aromatic heterocycles. The number of imide groups is 1. The SMILES string of the molecule is COc1ccc([C@@]2(C)NC(=O)N(N=Cc3cc(OC)ccc3O)C2=O)cc1. The molecule has 8 nitrogen and oxygen atoms in total. The average Bonchev–Trinajstić information content (AvgIpc) is 2.90. The number of carbonyl (C=O) groups excluding carboxylic acids is 2. The van der Waals surface area contributed by atoms with Crippen LogP contribution in [0.5, 0.6) is 17.2 Å². The molecule has 0 saturated carbocycles. The van der Waals surface area contributed by atoms with E-state index in [0.29, 0.717) is 22.6 Å². The topological polar surface area (TPSA) is 100 Å². The molecular formula is C19H19N3O5. The van der Waals surface area contributed by atoms with Crippen LogP contribution in [0.15, 0.2) is 47.6 Å². The largest absolute Gasteiger partial charge is 0.507 e. The number of methoxy groups -OCH3 is 2. The first-order chi connectivity index (χ1) is 12.9. The van der Waals surface area contributed by atoms with Gasteiger partial charge in [0.2, 0.25) is 0 Å². The fraction of sp³-hybridized carbons (Fsp3) is 0.211. The molecule has 1 fully saturated rings. The Balaban J connectivity index is 1.87. The van der Waals surface area contributed by atoms with E-state index in [1.807, 2.05) is 0 Å². The van der Waals surface area contributed by atoms with Gasteiger partial charge in [0.15, 0.2) is 0 Å². The molecule has 1 heterocycles. The number of phenolic OH excluding ortho intramolecular Hbond substituents is 1. The molecule has 3 amide bonds. The monoisotopic (exact) mass is 369 g/mol. The number of urea groups is 1. The summed E-state index contributed by atoms with van der Waals surface area (Å²) in [6.07, 6.45) is 1.23. The Morgan fingerprint density at radius 1 is 1.07 bits per heavy atom. The zero-order chi connectivity index (χ0) is 19.6. The van der Waals surface area contributed by atoms with Gasteiger partial charge in [-0.3, -0.25) is 4.79 Å². The molecule has 0 spiro atoms.